The van der Waals surface area contributed by atoms with E-state index in [1.165, 1.54) is 11.5 Å². The number of aromatic nitrogens is 2. The van der Waals surface area contributed by atoms with E-state index < -0.39 is 5.97 Å². The van der Waals surface area contributed by atoms with Crippen molar-refractivity contribution in [2.45, 2.75) is 32.6 Å². The standard InChI is InChI=1S/C11H17N3O2S/c1-7(2)10-12-11(17-13-10)14-4-3-8(6-14)5-9(15)16/h7-8H,3-6H2,1-2H3,(H,15,16). The van der Waals surface area contributed by atoms with Crippen LogP contribution in [0.25, 0.3) is 0 Å². The van der Waals surface area contributed by atoms with Crippen LogP contribution in [0.15, 0.2) is 0 Å². The second kappa shape index (κ2) is 5.00. The van der Waals surface area contributed by atoms with Crippen molar-refractivity contribution in [1.29, 1.82) is 0 Å². The van der Waals surface area contributed by atoms with Gasteiger partial charge in [0.15, 0.2) is 0 Å². The van der Waals surface area contributed by atoms with E-state index in [-0.39, 0.29) is 12.3 Å². The Morgan fingerprint density at radius 2 is 2.41 bits per heavy atom. The zero-order valence-electron chi connectivity index (χ0n) is 10.1. The van der Waals surface area contributed by atoms with Crippen LogP contribution in [0.5, 0.6) is 0 Å². The quantitative estimate of drug-likeness (QED) is 0.891. The molecule has 0 saturated carbocycles. The van der Waals surface area contributed by atoms with E-state index in [9.17, 15) is 4.79 Å². The van der Waals surface area contributed by atoms with E-state index >= 15 is 0 Å². The molecule has 5 nitrogen and oxygen atoms in total. The lowest BCUT2D eigenvalue weighted by atomic mass is 10.1. The summed E-state index contributed by atoms with van der Waals surface area (Å²) in [7, 11) is 0. The summed E-state index contributed by atoms with van der Waals surface area (Å²) < 4.78 is 4.32. The van der Waals surface area contributed by atoms with Gasteiger partial charge < -0.3 is 10.0 Å². The van der Waals surface area contributed by atoms with Gasteiger partial charge in [0.25, 0.3) is 0 Å². The third-order valence-electron chi connectivity index (χ3n) is 2.97. The van der Waals surface area contributed by atoms with Crippen LogP contribution in [0.4, 0.5) is 5.13 Å². The molecule has 1 aromatic heterocycles. The van der Waals surface area contributed by atoms with Gasteiger partial charge in [-0.3, -0.25) is 4.79 Å². The smallest absolute Gasteiger partial charge is 0.303 e. The lowest BCUT2D eigenvalue weighted by molar-refractivity contribution is -0.137. The Kier molecular flexibility index (Phi) is 3.61. The molecule has 0 spiro atoms. The van der Waals surface area contributed by atoms with Crippen LogP contribution in [-0.4, -0.2) is 33.5 Å². The van der Waals surface area contributed by atoms with E-state index in [1.807, 2.05) is 0 Å². The molecule has 1 aliphatic heterocycles. The molecule has 6 heteroatoms. The summed E-state index contributed by atoms with van der Waals surface area (Å²) >= 11 is 1.41. The lowest BCUT2D eigenvalue weighted by Crippen LogP contribution is -2.20. The van der Waals surface area contributed by atoms with Crippen LogP contribution in [0.2, 0.25) is 0 Å². The first-order valence-electron chi connectivity index (χ1n) is 5.86. The van der Waals surface area contributed by atoms with Gasteiger partial charge >= 0.3 is 5.97 Å². The number of carboxylic acids is 1. The van der Waals surface area contributed by atoms with E-state index in [4.69, 9.17) is 5.11 Å². The molecule has 1 fully saturated rings. The summed E-state index contributed by atoms with van der Waals surface area (Å²) in [5, 5.41) is 9.70. The number of nitrogens with zero attached hydrogens (tertiary/aromatic N) is 3. The highest BCUT2D eigenvalue weighted by Crippen LogP contribution is 2.28. The van der Waals surface area contributed by atoms with E-state index in [2.05, 4.69) is 28.1 Å². The number of aliphatic carboxylic acids is 1. The number of carbonyl (C=O) groups is 1. The fraction of sp³-hybridized carbons (Fsp3) is 0.727. The summed E-state index contributed by atoms with van der Waals surface area (Å²) in [6, 6.07) is 0. The number of hydrogen-bond donors (Lipinski definition) is 1. The topological polar surface area (TPSA) is 66.3 Å². The molecule has 1 atom stereocenters. The zero-order valence-corrected chi connectivity index (χ0v) is 10.9. The van der Waals surface area contributed by atoms with Crippen molar-refractivity contribution in [3.8, 4) is 0 Å². The summed E-state index contributed by atoms with van der Waals surface area (Å²) in [5.41, 5.74) is 0. The van der Waals surface area contributed by atoms with Crippen molar-refractivity contribution < 1.29 is 9.90 Å². The minimum Gasteiger partial charge on any atom is -0.481 e. The Hall–Kier alpha value is -1.17. The first kappa shape index (κ1) is 12.3. The summed E-state index contributed by atoms with van der Waals surface area (Å²) in [5.74, 6) is 0.764. The van der Waals surface area contributed by atoms with Gasteiger partial charge in [-0.2, -0.15) is 4.37 Å². The largest absolute Gasteiger partial charge is 0.481 e. The highest BCUT2D eigenvalue weighted by Gasteiger charge is 2.26. The lowest BCUT2D eigenvalue weighted by Gasteiger charge is -2.13. The highest BCUT2D eigenvalue weighted by molar-refractivity contribution is 7.09. The van der Waals surface area contributed by atoms with Crippen LogP contribution in [0.1, 0.15) is 38.4 Å². The van der Waals surface area contributed by atoms with E-state index in [0.717, 1.165) is 30.5 Å². The summed E-state index contributed by atoms with van der Waals surface area (Å²) in [6.45, 7) is 5.83. The van der Waals surface area contributed by atoms with Crippen molar-refractivity contribution in [3.05, 3.63) is 5.82 Å². The minimum atomic E-state index is -0.711. The fourth-order valence-corrected chi connectivity index (χ4v) is 2.85. The molecule has 0 amide bonds. The fourth-order valence-electron chi connectivity index (χ4n) is 2.01. The van der Waals surface area contributed by atoms with Crippen LogP contribution in [-0.2, 0) is 4.79 Å². The second-order valence-electron chi connectivity index (χ2n) is 4.79. The number of anilines is 1. The average Bonchev–Trinajstić information content (AvgIpc) is 2.83. The van der Waals surface area contributed by atoms with Gasteiger partial charge in [0, 0.05) is 37.0 Å². The van der Waals surface area contributed by atoms with Crippen molar-refractivity contribution >= 4 is 22.6 Å². The first-order valence-corrected chi connectivity index (χ1v) is 6.64. The van der Waals surface area contributed by atoms with Gasteiger partial charge in [0.05, 0.1) is 0 Å². The monoisotopic (exact) mass is 255 g/mol. The molecular weight excluding hydrogens is 238 g/mol. The number of carboxylic acid groups (broad SMARTS) is 1. The second-order valence-corrected chi connectivity index (χ2v) is 5.52. The van der Waals surface area contributed by atoms with Crippen molar-refractivity contribution in [1.82, 2.24) is 9.36 Å². The van der Waals surface area contributed by atoms with Crippen molar-refractivity contribution in [2.75, 3.05) is 18.0 Å². The predicted octanol–water partition coefficient (Wildman–Crippen LogP) is 1.96. The maximum Gasteiger partial charge on any atom is 0.303 e. The van der Waals surface area contributed by atoms with Gasteiger partial charge in [0.1, 0.15) is 5.82 Å². The molecule has 0 bridgehead atoms. The van der Waals surface area contributed by atoms with Gasteiger partial charge in [-0.1, -0.05) is 13.8 Å². The highest BCUT2D eigenvalue weighted by atomic mass is 32.1. The molecule has 0 aromatic carbocycles. The molecule has 94 valence electrons. The summed E-state index contributed by atoms with van der Waals surface area (Å²) in [6.07, 6.45) is 1.19. The van der Waals surface area contributed by atoms with Gasteiger partial charge in [0.2, 0.25) is 5.13 Å². The molecule has 0 aliphatic carbocycles. The Balaban J connectivity index is 1.97. The first-order chi connectivity index (χ1) is 8.06. The van der Waals surface area contributed by atoms with Gasteiger partial charge in [-0.05, 0) is 12.3 Å². The molecule has 2 rings (SSSR count). The Labute approximate surface area is 105 Å². The van der Waals surface area contributed by atoms with Crippen LogP contribution >= 0.6 is 11.5 Å². The zero-order chi connectivity index (χ0) is 12.4. The normalized spacial score (nSPS) is 20.2. The Bertz CT molecular complexity index is 405. The Morgan fingerprint density at radius 3 is 3.00 bits per heavy atom. The molecule has 1 aliphatic rings. The molecule has 1 aromatic rings. The number of hydrogen-bond acceptors (Lipinski definition) is 5. The number of rotatable bonds is 4. The molecule has 1 unspecified atom stereocenters. The van der Waals surface area contributed by atoms with Crippen LogP contribution < -0.4 is 4.90 Å². The third kappa shape index (κ3) is 2.94. The maximum absolute atomic E-state index is 10.6. The maximum atomic E-state index is 10.6. The van der Waals surface area contributed by atoms with Crippen molar-refractivity contribution in [3.63, 3.8) is 0 Å². The Morgan fingerprint density at radius 1 is 1.65 bits per heavy atom. The van der Waals surface area contributed by atoms with Crippen LogP contribution in [0.3, 0.4) is 0 Å². The van der Waals surface area contributed by atoms with Crippen LogP contribution in [0, 0.1) is 5.92 Å². The molecule has 17 heavy (non-hydrogen) atoms. The van der Waals surface area contributed by atoms with E-state index in [0.29, 0.717) is 5.92 Å². The minimum absolute atomic E-state index is 0.249. The van der Waals surface area contributed by atoms with Crippen molar-refractivity contribution in [2.24, 2.45) is 5.92 Å². The summed E-state index contributed by atoms with van der Waals surface area (Å²) in [4.78, 5) is 17.3. The van der Waals surface area contributed by atoms with E-state index in [1.54, 1.807) is 0 Å². The van der Waals surface area contributed by atoms with Gasteiger partial charge in [-0.25, -0.2) is 4.98 Å². The average molecular weight is 255 g/mol. The molecule has 1 saturated heterocycles. The molecule has 1 N–H and O–H groups in total. The molecule has 0 radical (unpaired) electrons. The molecule has 2 heterocycles. The predicted molar refractivity (Wildman–Crippen MR) is 66.6 cm³/mol. The molecular formula is C11H17N3O2S. The SMILES string of the molecule is CC(C)c1nsc(N2CCC(CC(=O)O)C2)n1. The van der Waals surface area contributed by atoms with Gasteiger partial charge in [-0.15, -0.1) is 0 Å². The third-order valence-corrected chi connectivity index (χ3v) is 3.76.